The van der Waals surface area contributed by atoms with E-state index in [2.05, 4.69) is 0 Å². The minimum atomic E-state index is -0.105. The van der Waals surface area contributed by atoms with E-state index in [1.54, 1.807) is 6.08 Å². The summed E-state index contributed by atoms with van der Waals surface area (Å²) in [5, 5.41) is 0. The fraction of sp³-hybridized carbons (Fsp3) is 0.400. The fourth-order valence-electron chi connectivity index (χ4n) is 0.593. The molecule has 0 radical (unpaired) electrons. The number of hydrogen-bond acceptors (Lipinski definition) is 2. The van der Waals surface area contributed by atoms with Gasteiger partial charge in [-0.1, -0.05) is 0 Å². The van der Waals surface area contributed by atoms with Gasteiger partial charge in [-0.3, -0.25) is 4.79 Å². The van der Waals surface area contributed by atoms with Gasteiger partial charge >= 0.3 is 0 Å². The van der Waals surface area contributed by atoms with E-state index in [4.69, 9.17) is 0 Å². The van der Waals surface area contributed by atoms with Crippen LogP contribution < -0.4 is 0 Å². The molecular formula is C5H6NO2+. The molecular weight excluding hydrogens is 106 g/mol. The van der Waals surface area contributed by atoms with Crippen molar-refractivity contribution in [3.63, 3.8) is 0 Å². The van der Waals surface area contributed by atoms with E-state index in [9.17, 15) is 9.70 Å². The third-order valence-electron chi connectivity index (χ3n) is 0.945. The summed E-state index contributed by atoms with van der Waals surface area (Å²) < 4.78 is 0.725. The molecule has 0 unspecified atom stereocenters. The van der Waals surface area contributed by atoms with Crippen molar-refractivity contribution in [1.29, 1.82) is 0 Å². The summed E-state index contributed by atoms with van der Waals surface area (Å²) in [7, 11) is 0. The van der Waals surface area contributed by atoms with Gasteiger partial charge in [-0.2, -0.15) is 0 Å². The molecule has 0 aromatic carbocycles. The first-order chi connectivity index (χ1) is 3.79. The third-order valence-corrected chi connectivity index (χ3v) is 0.945. The van der Waals surface area contributed by atoms with Gasteiger partial charge in [-0.25, -0.2) is 0 Å². The first-order valence-corrected chi connectivity index (χ1v) is 2.40. The van der Waals surface area contributed by atoms with Crippen molar-refractivity contribution < 1.29 is 9.55 Å². The molecule has 0 saturated carbocycles. The minimum absolute atomic E-state index is 0.0243. The molecule has 0 atom stereocenters. The number of carbonyl (C=O) groups excluding carboxylic acids is 1. The zero-order valence-electron chi connectivity index (χ0n) is 4.33. The van der Waals surface area contributed by atoms with Crippen LogP contribution in [-0.4, -0.2) is 23.6 Å². The van der Waals surface area contributed by atoms with E-state index in [1.165, 1.54) is 6.08 Å². The van der Waals surface area contributed by atoms with E-state index in [0.29, 0.717) is 6.54 Å². The Morgan fingerprint density at radius 3 is 2.75 bits per heavy atom. The summed E-state index contributed by atoms with van der Waals surface area (Å²) in [4.78, 5) is 20.7. The molecule has 1 heterocycles. The van der Waals surface area contributed by atoms with Crippen molar-refractivity contribution in [3.8, 4) is 0 Å². The molecule has 1 rings (SSSR count). The lowest BCUT2D eigenvalue weighted by molar-refractivity contribution is -0.528. The molecule has 0 aromatic rings. The number of nitroso groups, excluding NO2 is 1. The summed E-state index contributed by atoms with van der Waals surface area (Å²) in [5.74, 6) is -0.105. The highest BCUT2D eigenvalue weighted by Crippen LogP contribution is 1.88. The monoisotopic (exact) mass is 112 g/mol. The maximum Gasteiger partial charge on any atom is 0.253 e. The van der Waals surface area contributed by atoms with Crippen molar-refractivity contribution in [2.24, 2.45) is 0 Å². The number of nitrogens with zero attached hydrogens (tertiary/aromatic N) is 1. The van der Waals surface area contributed by atoms with E-state index < -0.39 is 0 Å². The van der Waals surface area contributed by atoms with Crippen LogP contribution in [0.25, 0.3) is 0 Å². The van der Waals surface area contributed by atoms with Gasteiger partial charge in [-0.15, -0.1) is 0 Å². The Labute approximate surface area is 46.6 Å². The van der Waals surface area contributed by atoms with E-state index in [0.717, 1.165) is 4.76 Å². The molecule has 0 aromatic heterocycles. The lowest BCUT2D eigenvalue weighted by atomic mass is 10.3. The highest BCUT2D eigenvalue weighted by Gasteiger charge is 2.15. The molecule has 3 heteroatoms. The summed E-state index contributed by atoms with van der Waals surface area (Å²) >= 11 is 0. The van der Waals surface area contributed by atoms with Gasteiger partial charge in [0.2, 0.25) is 12.3 Å². The largest absolute Gasteiger partial charge is 0.288 e. The Kier molecular flexibility index (Phi) is 1.20. The molecule has 0 aliphatic carbocycles. The normalized spacial score (nSPS) is 19.5. The molecule has 0 N–H and O–H groups in total. The van der Waals surface area contributed by atoms with Crippen molar-refractivity contribution >= 4 is 5.78 Å². The highest BCUT2D eigenvalue weighted by atomic mass is 16.3. The topological polar surface area (TPSA) is 37.1 Å². The molecule has 0 fully saturated rings. The van der Waals surface area contributed by atoms with Crippen molar-refractivity contribution in [2.75, 3.05) is 13.1 Å². The van der Waals surface area contributed by atoms with Crippen LogP contribution in [-0.2, 0) is 4.79 Å². The first-order valence-electron chi connectivity index (χ1n) is 2.40. The second-order valence-electron chi connectivity index (χ2n) is 1.69. The average Bonchev–Trinajstić information content (AvgIpc) is 1.64. The second kappa shape index (κ2) is 1.86. The SMILES string of the molecule is O=C1C=CC[N+](=O)C1. The standard InChI is InChI=1S/C5H6NO2/c7-5-2-1-3-6(8)4-5/h1-2H,3-4H2/q+1. The van der Waals surface area contributed by atoms with Crippen LogP contribution in [0.5, 0.6) is 0 Å². The number of carbonyl (C=O) groups is 1. The molecule has 1 aliphatic rings. The maximum atomic E-state index is 10.3. The first kappa shape index (κ1) is 5.15. The number of ketones is 1. The number of hydrogen-bond donors (Lipinski definition) is 0. The van der Waals surface area contributed by atoms with Gasteiger partial charge in [0.1, 0.15) is 0 Å². The molecule has 42 valence electrons. The van der Waals surface area contributed by atoms with Crippen molar-refractivity contribution in [1.82, 2.24) is 0 Å². The average molecular weight is 112 g/mol. The van der Waals surface area contributed by atoms with E-state index in [1.807, 2.05) is 0 Å². The Morgan fingerprint density at radius 2 is 2.38 bits per heavy atom. The van der Waals surface area contributed by atoms with Gasteiger partial charge < -0.3 is 0 Å². The zero-order valence-corrected chi connectivity index (χ0v) is 4.33. The van der Waals surface area contributed by atoms with Gasteiger partial charge in [0.25, 0.3) is 6.54 Å². The predicted molar refractivity (Wildman–Crippen MR) is 27.5 cm³/mol. The van der Waals surface area contributed by atoms with E-state index in [-0.39, 0.29) is 12.3 Å². The van der Waals surface area contributed by atoms with Gasteiger partial charge in [0.05, 0.1) is 0 Å². The Hall–Kier alpha value is -0.990. The lowest BCUT2D eigenvalue weighted by Crippen LogP contribution is -2.20. The summed E-state index contributed by atoms with van der Waals surface area (Å²) in [6, 6.07) is 0. The Balaban J connectivity index is 2.68. The summed E-state index contributed by atoms with van der Waals surface area (Å²) in [6.45, 7) is 0.377. The smallest absolute Gasteiger partial charge is 0.253 e. The zero-order chi connectivity index (χ0) is 5.98. The van der Waals surface area contributed by atoms with Gasteiger partial charge in [0, 0.05) is 9.67 Å². The fourth-order valence-corrected chi connectivity index (χ4v) is 0.593. The maximum absolute atomic E-state index is 10.3. The quantitative estimate of drug-likeness (QED) is 0.410. The van der Waals surface area contributed by atoms with Crippen LogP contribution in [0.1, 0.15) is 0 Å². The molecule has 0 amide bonds. The van der Waals surface area contributed by atoms with Crippen LogP contribution in [0.4, 0.5) is 0 Å². The molecule has 0 saturated heterocycles. The van der Waals surface area contributed by atoms with Crippen LogP contribution in [0.15, 0.2) is 12.2 Å². The third kappa shape index (κ3) is 0.992. The van der Waals surface area contributed by atoms with Crippen LogP contribution in [0.2, 0.25) is 0 Å². The molecule has 3 nitrogen and oxygen atoms in total. The minimum Gasteiger partial charge on any atom is -0.288 e. The van der Waals surface area contributed by atoms with Crippen LogP contribution in [0.3, 0.4) is 0 Å². The molecule has 1 aliphatic heterocycles. The Morgan fingerprint density at radius 1 is 1.62 bits per heavy atom. The van der Waals surface area contributed by atoms with Gasteiger partial charge in [0.15, 0.2) is 0 Å². The molecule has 8 heavy (non-hydrogen) atoms. The molecule has 0 bridgehead atoms. The number of rotatable bonds is 0. The Bertz CT molecular complexity index is 160. The summed E-state index contributed by atoms with van der Waals surface area (Å²) in [5.41, 5.74) is 0. The van der Waals surface area contributed by atoms with Gasteiger partial charge in [-0.05, 0) is 12.2 Å². The molecule has 0 spiro atoms. The van der Waals surface area contributed by atoms with E-state index >= 15 is 0 Å². The van der Waals surface area contributed by atoms with Crippen LogP contribution >= 0.6 is 0 Å². The second-order valence-corrected chi connectivity index (χ2v) is 1.69. The highest BCUT2D eigenvalue weighted by molar-refractivity contribution is 5.90. The van der Waals surface area contributed by atoms with Crippen molar-refractivity contribution in [3.05, 3.63) is 17.1 Å². The van der Waals surface area contributed by atoms with Crippen LogP contribution in [0, 0.1) is 4.91 Å². The van der Waals surface area contributed by atoms with Crippen molar-refractivity contribution in [2.45, 2.75) is 0 Å². The lowest BCUT2D eigenvalue weighted by Gasteiger charge is -1.91. The summed E-state index contributed by atoms with van der Waals surface area (Å²) in [6.07, 6.45) is 3.01. The predicted octanol–water partition coefficient (Wildman–Crippen LogP) is -0.0958.